The molecule has 0 aromatic heterocycles. The highest BCUT2D eigenvalue weighted by Crippen LogP contribution is 2.11. The standard InChI is InChI=1S/C9H20N2.C2H6/c1-8-5-6-10(3)9(2)7-11(8)4;1-2/h8-9H,5-7H2,1-4H3;1-2H3/t8-,9-;/m1./s1. The molecule has 1 fully saturated rings. The van der Waals surface area contributed by atoms with Crippen LogP contribution in [0.5, 0.6) is 0 Å². The van der Waals surface area contributed by atoms with Crippen LogP contribution < -0.4 is 0 Å². The second-order valence-corrected chi connectivity index (χ2v) is 3.91. The molecule has 0 spiro atoms. The van der Waals surface area contributed by atoms with E-state index < -0.39 is 0 Å². The highest BCUT2D eigenvalue weighted by Gasteiger charge is 2.20. The first-order valence-electron chi connectivity index (χ1n) is 5.51. The van der Waals surface area contributed by atoms with E-state index in [2.05, 4.69) is 37.7 Å². The van der Waals surface area contributed by atoms with Gasteiger partial charge in [0.1, 0.15) is 0 Å². The van der Waals surface area contributed by atoms with Crippen molar-refractivity contribution in [2.45, 2.75) is 46.2 Å². The van der Waals surface area contributed by atoms with Crippen LogP contribution in [0.1, 0.15) is 34.1 Å². The van der Waals surface area contributed by atoms with Crippen LogP contribution >= 0.6 is 0 Å². The molecule has 0 aliphatic carbocycles. The summed E-state index contributed by atoms with van der Waals surface area (Å²) in [6.07, 6.45) is 1.30. The maximum Gasteiger partial charge on any atom is 0.0191 e. The number of hydrogen-bond donors (Lipinski definition) is 0. The predicted molar refractivity (Wildman–Crippen MR) is 60.1 cm³/mol. The molecule has 80 valence electrons. The largest absolute Gasteiger partial charge is 0.302 e. The Bertz CT molecular complexity index is 111. The normalized spacial score (nSPS) is 31.8. The summed E-state index contributed by atoms with van der Waals surface area (Å²) in [5.74, 6) is 0. The minimum absolute atomic E-state index is 0.713. The molecule has 1 saturated heterocycles. The second kappa shape index (κ2) is 6.39. The Labute approximate surface area is 83.9 Å². The summed E-state index contributed by atoms with van der Waals surface area (Å²) in [6.45, 7) is 11.1. The van der Waals surface area contributed by atoms with Crippen molar-refractivity contribution >= 4 is 0 Å². The smallest absolute Gasteiger partial charge is 0.0191 e. The van der Waals surface area contributed by atoms with E-state index in [1.165, 1.54) is 19.5 Å². The summed E-state index contributed by atoms with van der Waals surface area (Å²) in [7, 11) is 4.44. The monoisotopic (exact) mass is 186 g/mol. The summed E-state index contributed by atoms with van der Waals surface area (Å²) >= 11 is 0. The van der Waals surface area contributed by atoms with Gasteiger partial charge in [-0.25, -0.2) is 0 Å². The predicted octanol–water partition coefficient (Wildman–Crippen LogP) is 2.06. The number of hydrogen-bond acceptors (Lipinski definition) is 2. The SMILES string of the molecule is CC.C[C@@H]1CN(C)[C@H](C)CCN1C. The number of rotatable bonds is 0. The molecule has 1 heterocycles. The molecule has 0 aromatic rings. The van der Waals surface area contributed by atoms with Gasteiger partial charge in [0.05, 0.1) is 0 Å². The first-order chi connectivity index (χ1) is 6.11. The van der Waals surface area contributed by atoms with Crippen LogP contribution in [0.15, 0.2) is 0 Å². The summed E-state index contributed by atoms with van der Waals surface area (Å²) in [5, 5.41) is 0. The molecule has 0 N–H and O–H groups in total. The zero-order valence-electron chi connectivity index (χ0n) is 10.2. The first-order valence-corrected chi connectivity index (χ1v) is 5.51. The Balaban J connectivity index is 0.000000671. The van der Waals surface area contributed by atoms with Crippen LogP contribution in [-0.4, -0.2) is 49.1 Å². The lowest BCUT2D eigenvalue weighted by Crippen LogP contribution is -2.36. The van der Waals surface area contributed by atoms with Crippen molar-refractivity contribution in [1.29, 1.82) is 0 Å². The minimum atomic E-state index is 0.713. The van der Waals surface area contributed by atoms with Gasteiger partial charge in [-0.1, -0.05) is 13.8 Å². The molecule has 0 aromatic carbocycles. The Morgan fingerprint density at radius 3 is 2.00 bits per heavy atom. The topological polar surface area (TPSA) is 6.48 Å². The van der Waals surface area contributed by atoms with Gasteiger partial charge in [0.25, 0.3) is 0 Å². The van der Waals surface area contributed by atoms with Crippen molar-refractivity contribution < 1.29 is 0 Å². The van der Waals surface area contributed by atoms with Crippen LogP contribution in [0.4, 0.5) is 0 Å². The van der Waals surface area contributed by atoms with Crippen LogP contribution in [0.25, 0.3) is 0 Å². The van der Waals surface area contributed by atoms with Gasteiger partial charge in [0, 0.05) is 18.6 Å². The highest BCUT2D eigenvalue weighted by atomic mass is 15.2. The average molecular weight is 186 g/mol. The molecule has 0 amide bonds. The van der Waals surface area contributed by atoms with Gasteiger partial charge in [-0.15, -0.1) is 0 Å². The molecular weight excluding hydrogens is 160 g/mol. The van der Waals surface area contributed by atoms with E-state index in [4.69, 9.17) is 0 Å². The van der Waals surface area contributed by atoms with Crippen molar-refractivity contribution in [3.63, 3.8) is 0 Å². The van der Waals surface area contributed by atoms with Crippen molar-refractivity contribution in [1.82, 2.24) is 9.80 Å². The molecule has 13 heavy (non-hydrogen) atoms. The van der Waals surface area contributed by atoms with E-state index in [1.807, 2.05) is 13.8 Å². The van der Waals surface area contributed by atoms with Crippen LogP contribution in [0.3, 0.4) is 0 Å². The van der Waals surface area contributed by atoms with Gasteiger partial charge in [-0.2, -0.15) is 0 Å². The highest BCUT2D eigenvalue weighted by molar-refractivity contribution is 4.76. The van der Waals surface area contributed by atoms with E-state index >= 15 is 0 Å². The van der Waals surface area contributed by atoms with Gasteiger partial charge < -0.3 is 9.80 Å². The maximum absolute atomic E-state index is 2.45. The summed E-state index contributed by atoms with van der Waals surface area (Å²) in [4.78, 5) is 4.90. The van der Waals surface area contributed by atoms with Gasteiger partial charge >= 0.3 is 0 Å². The fourth-order valence-electron chi connectivity index (χ4n) is 1.57. The molecule has 0 saturated carbocycles. The lowest BCUT2D eigenvalue weighted by molar-refractivity contribution is 0.223. The van der Waals surface area contributed by atoms with E-state index in [0.29, 0.717) is 6.04 Å². The Kier molecular flexibility index (Phi) is 6.35. The summed E-state index contributed by atoms with van der Waals surface area (Å²) < 4.78 is 0. The summed E-state index contributed by atoms with van der Waals surface area (Å²) in [5.41, 5.74) is 0. The van der Waals surface area contributed by atoms with Crippen molar-refractivity contribution in [2.24, 2.45) is 0 Å². The molecule has 0 radical (unpaired) electrons. The third-order valence-electron chi connectivity index (χ3n) is 2.96. The average Bonchev–Trinajstić information content (AvgIpc) is 2.24. The molecule has 1 rings (SSSR count). The van der Waals surface area contributed by atoms with E-state index in [-0.39, 0.29) is 0 Å². The fraction of sp³-hybridized carbons (Fsp3) is 1.00. The van der Waals surface area contributed by atoms with Crippen molar-refractivity contribution in [2.75, 3.05) is 27.2 Å². The molecule has 2 atom stereocenters. The zero-order valence-corrected chi connectivity index (χ0v) is 10.2. The second-order valence-electron chi connectivity index (χ2n) is 3.91. The van der Waals surface area contributed by atoms with Crippen LogP contribution in [-0.2, 0) is 0 Å². The Morgan fingerprint density at radius 2 is 1.46 bits per heavy atom. The Morgan fingerprint density at radius 1 is 0.923 bits per heavy atom. The lowest BCUT2D eigenvalue weighted by atomic mass is 10.2. The molecule has 2 heteroatoms. The molecule has 1 aliphatic rings. The van der Waals surface area contributed by atoms with Gasteiger partial charge in [-0.05, 0) is 40.9 Å². The van der Waals surface area contributed by atoms with E-state index in [0.717, 1.165) is 6.04 Å². The van der Waals surface area contributed by atoms with Crippen molar-refractivity contribution in [3.05, 3.63) is 0 Å². The first kappa shape index (κ1) is 12.9. The van der Waals surface area contributed by atoms with Gasteiger partial charge in [0.2, 0.25) is 0 Å². The molecule has 1 aliphatic heterocycles. The van der Waals surface area contributed by atoms with Crippen LogP contribution in [0, 0.1) is 0 Å². The third-order valence-corrected chi connectivity index (χ3v) is 2.96. The third kappa shape index (κ3) is 4.10. The van der Waals surface area contributed by atoms with E-state index in [1.54, 1.807) is 0 Å². The van der Waals surface area contributed by atoms with Crippen molar-refractivity contribution in [3.8, 4) is 0 Å². The number of likely N-dealkylation sites (N-methyl/N-ethyl adjacent to an activating group) is 2. The Hall–Kier alpha value is -0.0800. The molecule has 2 nitrogen and oxygen atoms in total. The van der Waals surface area contributed by atoms with Gasteiger partial charge in [0.15, 0.2) is 0 Å². The summed E-state index contributed by atoms with van der Waals surface area (Å²) in [6, 6.07) is 1.47. The van der Waals surface area contributed by atoms with E-state index in [9.17, 15) is 0 Å². The maximum atomic E-state index is 2.45. The number of nitrogens with zero attached hydrogens (tertiary/aromatic N) is 2. The molecule has 0 unspecified atom stereocenters. The molecule has 0 bridgehead atoms. The zero-order chi connectivity index (χ0) is 10.4. The fourth-order valence-corrected chi connectivity index (χ4v) is 1.57. The van der Waals surface area contributed by atoms with Crippen LogP contribution in [0.2, 0.25) is 0 Å². The minimum Gasteiger partial charge on any atom is -0.302 e. The quantitative estimate of drug-likeness (QED) is 0.571. The molecular formula is C11H26N2. The lowest BCUT2D eigenvalue weighted by Gasteiger charge is -2.24. The van der Waals surface area contributed by atoms with Gasteiger partial charge in [-0.3, -0.25) is 0 Å².